The van der Waals surface area contributed by atoms with Crippen LogP contribution in [0.5, 0.6) is 5.75 Å². The van der Waals surface area contributed by atoms with E-state index in [0.29, 0.717) is 5.75 Å². The molecule has 15 heavy (non-hydrogen) atoms. The monoisotopic (exact) mass is 207 g/mol. The lowest BCUT2D eigenvalue weighted by Crippen LogP contribution is -2.31. The molecular formula is C11H11O4. The van der Waals surface area contributed by atoms with Gasteiger partial charge >= 0.3 is 0 Å². The van der Waals surface area contributed by atoms with Crippen LogP contribution in [0.15, 0.2) is 30.3 Å². The molecule has 1 aromatic rings. The third kappa shape index (κ3) is 3.52. The van der Waals surface area contributed by atoms with Gasteiger partial charge in [-0.05, 0) is 12.1 Å². The van der Waals surface area contributed by atoms with Crippen LogP contribution in [0.4, 0.5) is 0 Å². The van der Waals surface area contributed by atoms with Gasteiger partial charge in [-0.3, -0.25) is 9.59 Å². The van der Waals surface area contributed by atoms with E-state index in [-0.39, 0.29) is 6.61 Å². The first-order valence-corrected chi connectivity index (χ1v) is 4.39. The topological polar surface area (TPSA) is 52.6 Å². The maximum atomic E-state index is 11.3. The summed E-state index contributed by atoms with van der Waals surface area (Å²) in [7, 11) is 1.38. The Morgan fingerprint density at radius 1 is 1.40 bits per heavy atom. The standard InChI is InChI=1S/C11H11O4/c1-14-8-10(13)11(7-12)15-9-5-3-2-4-6-9/h2-6,11H,8H2,1H3. The Morgan fingerprint density at radius 3 is 2.60 bits per heavy atom. The maximum Gasteiger partial charge on any atom is 0.251 e. The normalized spacial score (nSPS) is 11.8. The molecule has 0 amide bonds. The Morgan fingerprint density at radius 2 is 2.07 bits per heavy atom. The average Bonchev–Trinajstić information content (AvgIpc) is 2.27. The molecule has 0 saturated heterocycles. The number of benzene rings is 1. The van der Waals surface area contributed by atoms with Gasteiger partial charge in [0.15, 0.2) is 0 Å². The minimum absolute atomic E-state index is 0.160. The van der Waals surface area contributed by atoms with Crippen molar-refractivity contribution in [2.24, 2.45) is 0 Å². The molecule has 0 spiro atoms. The number of Topliss-reactive ketones (excluding diaryl/α,β-unsaturated/α-hetero) is 1. The molecule has 4 heteroatoms. The van der Waals surface area contributed by atoms with Crippen molar-refractivity contribution in [2.75, 3.05) is 13.7 Å². The van der Waals surface area contributed by atoms with E-state index in [1.807, 2.05) is 6.07 Å². The summed E-state index contributed by atoms with van der Waals surface area (Å²) >= 11 is 0. The van der Waals surface area contributed by atoms with Crippen LogP contribution in [0.1, 0.15) is 0 Å². The number of hydrogen-bond donors (Lipinski definition) is 0. The molecule has 0 aliphatic rings. The predicted molar refractivity (Wildman–Crippen MR) is 53.4 cm³/mol. The molecule has 1 rings (SSSR count). The molecule has 0 N–H and O–H groups in total. The molecule has 0 heterocycles. The lowest BCUT2D eigenvalue weighted by atomic mass is 10.2. The molecule has 1 radical (unpaired) electrons. The third-order valence-electron chi connectivity index (χ3n) is 1.68. The highest BCUT2D eigenvalue weighted by atomic mass is 16.5. The van der Waals surface area contributed by atoms with Gasteiger partial charge in [-0.25, -0.2) is 0 Å². The van der Waals surface area contributed by atoms with E-state index < -0.39 is 11.9 Å². The summed E-state index contributed by atoms with van der Waals surface area (Å²) in [4.78, 5) is 21.8. The van der Waals surface area contributed by atoms with E-state index in [1.165, 1.54) is 13.4 Å². The summed E-state index contributed by atoms with van der Waals surface area (Å²) in [6, 6.07) is 8.62. The summed E-state index contributed by atoms with van der Waals surface area (Å²) in [6.07, 6.45) is 0.318. The van der Waals surface area contributed by atoms with Crippen LogP contribution in [0, 0.1) is 0 Å². The van der Waals surface area contributed by atoms with Crippen molar-refractivity contribution >= 4 is 12.1 Å². The van der Waals surface area contributed by atoms with Crippen LogP contribution in [-0.2, 0) is 14.3 Å². The fraction of sp³-hybridized carbons (Fsp3) is 0.273. The minimum Gasteiger partial charge on any atom is -0.474 e. The van der Waals surface area contributed by atoms with Crippen molar-refractivity contribution in [1.29, 1.82) is 0 Å². The molecule has 0 aliphatic heterocycles. The van der Waals surface area contributed by atoms with E-state index in [4.69, 9.17) is 4.74 Å². The molecular weight excluding hydrogens is 196 g/mol. The summed E-state index contributed by atoms with van der Waals surface area (Å²) in [6.45, 7) is -0.160. The van der Waals surface area contributed by atoms with Crippen LogP contribution < -0.4 is 4.74 Å². The minimum atomic E-state index is -1.22. The maximum absolute atomic E-state index is 11.3. The quantitative estimate of drug-likeness (QED) is 0.646. The first-order chi connectivity index (χ1) is 7.27. The number of ether oxygens (including phenoxy) is 2. The zero-order valence-electron chi connectivity index (χ0n) is 8.30. The SMILES string of the molecule is COCC(=O)C([C]=O)Oc1ccccc1. The van der Waals surface area contributed by atoms with Crippen molar-refractivity contribution < 1.29 is 19.1 Å². The van der Waals surface area contributed by atoms with Crippen molar-refractivity contribution in [2.45, 2.75) is 6.10 Å². The number of hydrogen-bond acceptors (Lipinski definition) is 4. The molecule has 1 atom stereocenters. The van der Waals surface area contributed by atoms with Crippen molar-refractivity contribution in [1.82, 2.24) is 0 Å². The largest absolute Gasteiger partial charge is 0.474 e. The van der Waals surface area contributed by atoms with Crippen molar-refractivity contribution in [3.8, 4) is 5.75 Å². The lowest BCUT2D eigenvalue weighted by Gasteiger charge is -2.10. The Bertz CT molecular complexity index is 321. The number of rotatable bonds is 6. The van der Waals surface area contributed by atoms with Gasteiger partial charge in [-0.15, -0.1) is 0 Å². The first-order valence-electron chi connectivity index (χ1n) is 4.39. The molecule has 0 aliphatic carbocycles. The number of carbonyl (C=O) groups excluding carboxylic acids is 2. The molecule has 4 nitrogen and oxygen atoms in total. The summed E-state index contributed by atoms with van der Waals surface area (Å²) in [5.74, 6) is 0.00616. The third-order valence-corrected chi connectivity index (χ3v) is 1.68. The van der Waals surface area contributed by atoms with E-state index in [1.54, 1.807) is 24.3 Å². The highest BCUT2D eigenvalue weighted by molar-refractivity contribution is 5.97. The molecule has 1 aromatic carbocycles. The fourth-order valence-electron chi connectivity index (χ4n) is 1.01. The summed E-state index contributed by atoms with van der Waals surface area (Å²) in [5.41, 5.74) is 0. The highest BCUT2D eigenvalue weighted by Crippen LogP contribution is 2.10. The van der Waals surface area contributed by atoms with Gasteiger partial charge in [0.05, 0.1) is 0 Å². The Balaban J connectivity index is 2.62. The zero-order chi connectivity index (χ0) is 11.1. The number of methoxy groups -OCH3 is 1. The summed E-state index contributed by atoms with van der Waals surface area (Å²) in [5, 5.41) is 0. The number of ketones is 1. The summed E-state index contributed by atoms with van der Waals surface area (Å²) < 4.78 is 9.74. The second-order valence-electron chi connectivity index (χ2n) is 2.83. The molecule has 0 aromatic heterocycles. The van der Waals surface area contributed by atoms with E-state index >= 15 is 0 Å². The van der Waals surface area contributed by atoms with E-state index in [9.17, 15) is 9.59 Å². The van der Waals surface area contributed by atoms with Gasteiger partial charge in [-0.1, -0.05) is 18.2 Å². The van der Waals surface area contributed by atoms with Crippen LogP contribution in [-0.4, -0.2) is 31.9 Å². The number of carbonyl (C=O) groups is 1. The predicted octanol–water partition coefficient (Wildman–Crippen LogP) is 0.759. The molecule has 0 saturated carbocycles. The molecule has 1 unspecified atom stereocenters. The van der Waals surface area contributed by atoms with Gasteiger partial charge in [0.25, 0.3) is 6.29 Å². The van der Waals surface area contributed by atoms with Crippen LogP contribution in [0.25, 0.3) is 0 Å². The van der Waals surface area contributed by atoms with Crippen LogP contribution in [0.3, 0.4) is 0 Å². The van der Waals surface area contributed by atoms with Gasteiger partial charge in [0.1, 0.15) is 12.4 Å². The Labute approximate surface area is 87.8 Å². The Kier molecular flexibility index (Phi) is 4.50. The van der Waals surface area contributed by atoms with Crippen molar-refractivity contribution in [3.63, 3.8) is 0 Å². The highest BCUT2D eigenvalue weighted by Gasteiger charge is 2.19. The Hall–Kier alpha value is -1.68. The fourth-order valence-corrected chi connectivity index (χ4v) is 1.01. The first kappa shape index (κ1) is 11.4. The van der Waals surface area contributed by atoms with E-state index in [0.717, 1.165) is 0 Å². The second kappa shape index (κ2) is 5.93. The van der Waals surface area contributed by atoms with Crippen LogP contribution >= 0.6 is 0 Å². The van der Waals surface area contributed by atoms with Gasteiger partial charge < -0.3 is 9.47 Å². The average molecular weight is 207 g/mol. The zero-order valence-corrected chi connectivity index (χ0v) is 8.30. The second-order valence-corrected chi connectivity index (χ2v) is 2.83. The van der Waals surface area contributed by atoms with Gasteiger partial charge in [-0.2, -0.15) is 0 Å². The molecule has 0 fully saturated rings. The number of para-hydroxylation sites is 1. The lowest BCUT2D eigenvalue weighted by molar-refractivity contribution is -0.126. The van der Waals surface area contributed by atoms with Gasteiger partial charge in [0, 0.05) is 7.11 Å². The van der Waals surface area contributed by atoms with Crippen molar-refractivity contribution in [3.05, 3.63) is 30.3 Å². The smallest absolute Gasteiger partial charge is 0.251 e. The molecule has 0 bridgehead atoms. The van der Waals surface area contributed by atoms with Crippen LogP contribution in [0.2, 0.25) is 0 Å². The molecule has 79 valence electrons. The van der Waals surface area contributed by atoms with Gasteiger partial charge in [0.2, 0.25) is 11.9 Å². The van der Waals surface area contributed by atoms with E-state index in [2.05, 4.69) is 4.74 Å².